The summed E-state index contributed by atoms with van der Waals surface area (Å²) in [5.41, 5.74) is 0.823. The van der Waals surface area contributed by atoms with Crippen molar-refractivity contribution in [2.24, 2.45) is 0 Å². The fourth-order valence-electron chi connectivity index (χ4n) is 2.31. The van der Waals surface area contributed by atoms with Crippen molar-refractivity contribution in [2.45, 2.75) is 12.7 Å². The van der Waals surface area contributed by atoms with Gasteiger partial charge in [0.25, 0.3) is 0 Å². The van der Waals surface area contributed by atoms with Crippen molar-refractivity contribution in [1.29, 1.82) is 0 Å². The van der Waals surface area contributed by atoms with Gasteiger partial charge in [0.05, 0.1) is 13.2 Å². The van der Waals surface area contributed by atoms with Gasteiger partial charge in [0.2, 0.25) is 12.2 Å². The highest BCUT2D eigenvalue weighted by Gasteiger charge is 2.21. The second kappa shape index (κ2) is 5.81. The molecular formula is C13H20N4O2. The molecule has 0 N–H and O–H groups in total. The van der Waals surface area contributed by atoms with E-state index in [9.17, 15) is 0 Å². The standard InChI is InChI=1S/C13H20N4O2/c1-16-5-7-17(8-6-16)13-14-4-3-11(15-13)12-18-9-2-10-19-12/h3-4,12H,2,5-10H2,1H3. The molecule has 0 spiro atoms. The second-order valence-electron chi connectivity index (χ2n) is 5.00. The Morgan fingerprint density at radius 3 is 2.63 bits per heavy atom. The summed E-state index contributed by atoms with van der Waals surface area (Å²) < 4.78 is 11.2. The number of ether oxygens (including phenoxy) is 2. The minimum absolute atomic E-state index is 0.331. The van der Waals surface area contributed by atoms with Crippen LogP contribution in [0.5, 0.6) is 0 Å². The van der Waals surface area contributed by atoms with Gasteiger partial charge in [0, 0.05) is 32.4 Å². The van der Waals surface area contributed by atoms with E-state index >= 15 is 0 Å². The van der Waals surface area contributed by atoms with Crippen LogP contribution < -0.4 is 4.90 Å². The van der Waals surface area contributed by atoms with Crippen molar-refractivity contribution >= 4 is 5.95 Å². The second-order valence-corrected chi connectivity index (χ2v) is 5.00. The van der Waals surface area contributed by atoms with E-state index in [1.807, 2.05) is 6.07 Å². The largest absolute Gasteiger partial charge is 0.347 e. The zero-order valence-electron chi connectivity index (χ0n) is 11.3. The molecule has 19 heavy (non-hydrogen) atoms. The molecule has 0 saturated carbocycles. The highest BCUT2D eigenvalue weighted by atomic mass is 16.7. The van der Waals surface area contributed by atoms with Gasteiger partial charge < -0.3 is 19.3 Å². The minimum Gasteiger partial charge on any atom is -0.347 e. The summed E-state index contributed by atoms with van der Waals surface area (Å²) in [7, 11) is 2.14. The van der Waals surface area contributed by atoms with E-state index in [0.717, 1.165) is 57.5 Å². The highest BCUT2D eigenvalue weighted by Crippen LogP contribution is 2.22. The fraction of sp³-hybridized carbons (Fsp3) is 0.692. The Morgan fingerprint density at radius 2 is 1.89 bits per heavy atom. The summed E-state index contributed by atoms with van der Waals surface area (Å²) in [4.78, 5) is 13.5. The molecule has 1 aromatic rings. The van der Waals surface area contributed by atoms with E-state index in [4.69, 9.17) is 9.47 Å². The van der Waals surface area contributed by atoms with Crippen LogP contribution in [0, 0.1) is 0 Å². The van der Waals surface area contributed by atoms with Crippen LogP contribution in [0.25, 0.3) is 0 Å². The zero-order chi connectivity index (χ0) is 13.1. The van der Waals surface area contributed by atoms with Crippen LogP contribution in [0.1, 0.15) is 18.4 Å². The first-order valence-corrected chi connectivity index (χ1v) is 6.82. The van der Waals surface area contributed by atoms with Crippen molar-refractivity contribution < 1.29 is 9.47 Å². The molecule has 0 aromatic carbocycles. The molecule has 2 aliphatic heterocycles. The molecule has 6 nitrogen and oxygen atoms in total. The van der Waals surface area contributed by atoms with E-state index in [0.29, 0.717) is 0 Å². The average Bonchev–Trinajstić information content (AvgIpc) is 2.49. The quantitative estimate of drug-likeness (QED) is 0.782. The smallest absolute Gasteiger partial charge is 0.225 e. The van der Waals surface area contributed by atoms with Crippen molar-refractivity contribution in [1.82, 2.24) is 14.9 Å². The van der Waals surface area contributed by atoms with Crippen LogP contribution in [0.2, 0.25) is 0 Å². The van der Waals surface area contributed by atoms with Gasteiger partial charge in [-0.25, -0.2) is 9.97 Å². The van der Waals surface area contributed by atoms with Crippen molar-refractivity contribution in [3.8, 4) is 0 Å². The van der Waals surface area contributed by atoms with Crippen LogP contribution in [0.4, 0.5) is 5.95 Å². The third-order valence-corrected chi connectivity index (χ3v) is 3.52. The van der Waals surface area contributed by atoms with Crippen molar-refractivity contribution in [2.75, 3.05) is 51.3 Å². The molecule has 2 fully saturated rings. The lowest BCUT2D eigenvalue weighted by atomic mass is 10.3. The monoisotopic (exact) mass is 264 g/mol. The molecule has 1 aromatic heterocycles. The number of anilines is 1. The number of likely N-dealkylation sites (N-methyl/N-ethyl adjacent to an activating group) is 1. The molecule has 0 radical (unpaired) electrons. The maximum atomic E-state index is 5.58. The third kappa shape index (κ3) is 3.02. The van der Waals surface area contributed by atoms with E-state index in [-0.39, 0.29) is 6.29 Å². The Hall–Kier alpha value is -1.24. The zero-order valence-corrected chi connectivity index (χ0v) is 11.3. The van der Waals surface area contributed by atoms with Gasteiger partial charge in [0.15, 0.2) is 0 Å². The summed E-state index contributed by atoms with van der Waals surface area (Å²) in [5, 5.41) is 0. The molecule has 0 unspecified atom stereocenters. The average molecular weight is 264 g/mol. The van der Waals surface area contributed by atoms with Crippen molar-refractivity contribution in [3.05, 3.63) is 18.0 Å². The van der Waals surface area contributed by atoms with Crippen LogP contribution in [0.15, 0.2) is 12.3 Å². The lowest BCUT2D eigenvalue weighted by Crippen LogP contribution is -2.45. The lowest BCUT2D eigenvalue weighted by Gasteiger charge is -2.32. The van der Waals surface area contributed by atoms with Gasteiger partial charge in [-0.1, -0.05) is 0 Å². The first-order valence-electron chi connectivity index (χ1n) is 6.82. The summed E-state index contributed by atoms with van der Waals surface area (Å²) in [6.07, 6.45) is 2.41. The molecule has 3 heterocycles. The SMILES string of the molecule is CN1CCN(c2nccc(C3OCCCO3)n2)CC1. The molecule has 104 valence electrons. The van der Waals surface area contributed by atoms with Crippen LogP contribution in [0.3, 0.4) is 0 Å². The van der Waals surface area contributed by atoms with Gasteiger partial charge in [-0.3, -0.25) is 0 Å². The normalized spacial score (nSPS) is 22.7. The number of piperazine rings is 1. The third-order valence-electron chi connectivity index (χ3n) is 3.52. The van der Waals surface area contributed by atoms with Gasteiger partial charge >= 0.3 is 0 Å². The van der Waals surface area contributed by atoms with Gasteiger partial charge in [-0.05, 0) is 19.5 Å². The Morgan fingerprint density at radius 1 is 1.16 bits per heavy atom. The number of rotatable bonds is 2. The summed E-state index contributed by atoms with van der Waals surface area (Å²) in [5.74, 6) is 0.781. The van der Waals surface area contributed by atoms with Crippen LogP contribution >= 0.6 is 0 Å². The topological polar surface area (TPSA) is 50.7 Å². The Bertz CT molecular complexity index is 415. The van der Waals surface area contributed by atoms with Gasteiger partial charge in [-0.2, -0.15) is 0 Å². The van der Waals surface area contributed by atoms with E-state index in [1.165, 1.54) is 0 Å². The Kier molecular flexibility index (Phi) is 3.91. The predicted octanol–water partition coefficient (Wildman–Crippen LogP) is 0.664. The van der Waals surface area contributed by atoms with Gasteiger partial charge in [-0.15, -0.1) is 0 Å². The molecule has 0 atom stereocenters. The lowest BCUT2D eigenvalue weighted by molar-refractivity contribution is -0.185. The molecule has 3 rings (SSSR count). The van der Waals surface area contributed by atoms with E-state index in [2.05, 4.69) is 26.8 Å². The molecule has 2 aliphatic rings. The first-order chi connectivity index (χ1) is 9.33. The van der Waals surface area contributed by atoms with E-state index in [1.54, 1.807) is 6.20 Å². The Balaban J connectivity index is 1.72. The van der Waals surface area contributed by atoms with Gasteiger partial charge in [0.1, 0.15) is 5.69 Å². The fourth-order valence-corrected chi connectivity index (χ4v) is 2.31. The predicted molar refractivity (Wildman–Crippen MR) is 71.0 cm³/mol. The molecule has 0 bridgehead atoms. The van der Waals surface area contributed by atoms with Crippen LogP contribution in [-0.2, 0) is 9.47 Å². The molecule has 6 heteroatoms. The maximum Gasteiger partial charge on any atom is 0.225 e. The minimum atomic E-state index is -0.331. The molecular weight excluding hydrogens is 244 g/mol. The summed E-state index contributed by atoms with van der Waals surface area (Å²) in [6, 6.07) is 1.87. The summed E-state index contributed by atoms with van der Waals surface area (Å²) in [6.45, 7) is 5.49. The van der Waals surface area contributed by atoms with E-state index < -0.39 is 0 Å². The first kappa shape index (κ1) is 12.8. The number of hydrogen-bond acceptors (Lipinski definition) is 6. The summed E-state index contributed by atoms with van der Waals surface area (Å²) >= 11 is 0. The number of nitrogens with zero attached hydrogens (tertiary/aromatic N) is 4. The number of hydrogen-bond donors (Lipinski definition) is 0. The van der Waals surface area contributed by atoms with Crippen LogP contribution in [-0.4, -0.2) is 61.3 Å². The molecule has 0 aliphatic carbocycles. The highest BCUT2D eigenvalue weighted by molar-refractivity contribution is 5.31. The number of aromatic nitrogens is 2. The maximum absolute atomic E-state index is 5.58. The molecule has 2 saturated heterocycles. The Labute approximate surface area is 113 Å². The molecule has 0 amide bonds. The van der Waals surface area contributed by atoms with Crippen molar-refractivity contribution in [3.63, 3.8) is 0 Å².